The van der Waals surface area contributed by atoms with E-state index in [9.17, 15) is 0 Å². The van der Waals surface area contributed by atoms with Crippen molar-refractivity contribution in [3.63, 3.8) is 0 Å². The van der Waals surface area contributed by atoms with Crippen LogP contribution in [0.15, 0.2) is 18.6 Å². The van der Waals surface area contributed by atoms with Crippen LogP contribution in [0.2, 0.25) is 0 Å². The molecule has 6 heteroatoms. The van der Waals surface area contributed by atoms with Crippen molar-refractivity contribution >= 4 is 11.5 Å². The third-order valence-corrected chi connectivity index (χ3v) is 3.18. The van der Waals surface area contributed by atoms with Gasteiger partial charge in [0, 0.05) is 31.5 Å². The standard InChI is InChI=1S/C13H18N4O2/c1-2-14-11-7-17-5-4-15-12(17)13(16-11)19-9-10-3-6-18-8-10/h4-5,7,10,14H,2-3,6,8-9H2,1H3. The molecule has 0 aromatic carbocycles. The first-order valence-corrected chi connectivity index (χ1v) is 6.65. The summed E-state index contributed by atoms with van der Waals surface area (Å²) in [6.07, 6.45) is 6.61. The Hall–Kier alpha value is -1.82. The van der Waals surface area contributed by atoms with Crippen LogP contribution in [-0.2, 0) is 4.74 Å². The first-order chi connectivity index (χ1) is 9.36. The first-order valence-electron chi connectivity index (χ1n) is 6.65. The highest BCUT2D eigenvalue weighted by molar-refractivity contribution is 5.53. The van der Waals surface area contributed by atoms with Gasteiger partial charge in [0.25, 0.3) is 5.88 Å². The number of aromatic nitrogens is 3. The summed E-state index contributed by atoms with van der Waals surface area (Å²) >= 11 is 0. The van der Waals surface area contributed by atoms with E-state index in [2.05, 4.69) is 15.3 Å². The van der Waals surface area contributed by atoms with Crippen LogP contribution in [0, 0.1) is 5.92 Å². The zero-order valence-corrected chi connectivity index (χ0v) is 11.0. The van der Waals surface area contributed by atoms with Gasteiger partial charge in [-0.25, -0.2) is 4.98 Å². The number of ether oxygens (including phenoxy) is 2. The molecule has 1 aliphatic heterocycles. The molecule has 0 aliphatic carbocycles. The molecule has 3 heterocycles. The average Bonchev–Trinajstić information content (AvgIpc) is 3.07. The maximum absolute atomic E-state index is 5.83. The summed E-state index contributed by atoms with van der Waals surface area (Å²) in [7, 11) is 0. The van der Waals surface area contributed by atoms with Crippen molar-refractivity contribution in [2.75, 3.05) is 31.7 Å². The monoisotopic (exact) mass is 262 g/mol. The Morgan fingerprint density at radius 1 is 1.58 bits per heavy atom. The van der Waals surface area contributed by atoms with E-state index in [4.69, 9.17) is 9.47 Å². The van der Waals surface area contributed by atoms with Crippen LogP contribution in [-0.4, -0.2) is 40.7 Å². The van der Waals surface area contributed by atoms with Crippen molar-refractivity contribution in [2.45, 2.75) is 13.3 Å². The number of nitrogens with one attached hydrogen (secondary N) is 1. The van der Waals surface area contributed by atoms with Crippen LogP contribution in [0.4, 0.5) is 5.82 Å². The van der Waals surface area contributed by atoms with Gasteiger partial charge in [0.2, 0.25) is 5.65 Å². The van der Waals surface area contributed by atoms with Crippen LogP contribution >= 0.6 is 0 Å². The lowest BCUT2D eigenvalue weighted by Gasteiger charge is -2.12. The van der Waals surface area contributed by atoms with E-state index < -0.39 is 0 Å². The SMILES string of the molecule is CCNc1cn2ccnc2c(OCC2CCOC2)n1. The van der Waals surface area contributed by atoms with Crippen LogP contribution in [0.1, 0.15) is 13.3 Å². The minimum atomic E-state index is 0.458. The molecule has 2 aromatic rings. The molecule has 3 rings (SSSR count). The van der Waals surface area contributed by atoms with E-state index in [1.54, 1.807) is 6.20 Å². The van der Waals surface area contributed by atoms with Crippen LogP contribution in [0.25, 0.3) is 5.65 Å². The van der Waals surface area contributed by atoms with E-state index in [-0.39, 0.29) is 0 Å². The second kappa shape index (κ2) is 5.44. The Bertz CT molecular complexity index is 549. The highest BCUT2D eigenvalue weighted by atomic mass is 16.5. The van der Waals surface area contributed by atoms with E-state index in [1.165, 1.54) is 0 Å². The molecule has 0 saturated carbocycles. The third kappa shape index (κ3) is 2.63. The molecule has 0 spiro atoms. The van der Waals surface area contributed by atoms with Crippen molar-refractivity contribution in [2.24, 2.45) is 5.92 Å². The van der Waals surface area contributed by atoms with Crippen LogP contribution in [0.5, 0.6) is 5.88 Å². The van der Waals surface area contributed by atoms with Gasteiger partial charge in [0.15, 0.2) is 0 Å². The van der Waals surface area contributed by atoms with Gasteiger partial charge in [-0.1, -0.05) is 0 Å². The fraction of sp³-hybridized carbons (Fsp3) is 0.538. The van der Waals surface area contributed by atoms with Crippen molar-refractivity contribution in [3.8, 4) is 5.88 Å². The van der Waals surface area contributed by atoms with Gasteiger partial charge in [-0.15, -0.1) is 0 Å². The number of rotatable bonds is 5. The van der Waals surface area contributed by atoms with Crippen molar-refractivity contribution in [3.05, 3.63) is 18.6 Å². The number of imidazole rings is 1. The molecule has 2 aromatic heterocycles. The largest absolute Gasteiger partial charge is 0.475 e. The number of hydrogen-bond donors (Lipinski definition) is 1. The van der Waals surface area contributed by atoms with Crippen LogP contribution in [0.3, 0.4) is 0 Å². The molecule has 1 atom stereocenters. The average molecular weight is 262 g/mol. The molecule has 0 bridgehead atoms. The molecular formula is C13H18N4O2. The lowest BCUT2D eigenvalue weighted by molar-refractivity contribution is 0.166. The Balaban J connectivity index is 1.80. The summed E-state index contributed by atoms with van der Waals surface area (Å²) in [5, 5.41) is 3.19. The molecule has 6 nitrogen and oxygen atoms in total. The predicted molar refractivity (Wildman–Crippen MR) is 71.6 cm³/mol. The highest BCUT2D eigenvalue weighted by Crippen LogP contribution is 2.21. The predicted octanol–water partition coefficient (Wildman–Crippen LogP) is 1.58. The maximum Gasteiger partial charge on any atom is 0.260 e. The van der Waals surface area contributed by atoms with E-state index >= 15 is 0 Å². The molecule has 1 saturated heterocycles. The van der Waals surface area contributed by atoms with Crippen molar-refractivity contribution in [1.29, 1.82) is 0 Å². The summed E-state index contributed by atoms with van der Waals surface area (Å²) in [5.41, 5.74) is 0.751. The smallest absolute Gasteiger partial charge is 0.260 e. The minimum Gasteiger partial charge on any atom is -0.475 e. The minimum absolute atomic E-state index is 0.458. The Kier molecular flexibility index (Phi) is 3.50. The van der Waals surface area contributed by atoms with E-state index in [0.717, 1.165) is 37.6 Å². The quantitative estimate of drug-likeness (QED) is 0.886. The third-order valence-electron chi connectivity index (χ3n) is 3.18. The second-order valence-corrected chi connectivity index (χ2v) is 4.66. The first kappa shape index (κ1) is 12.2. The van der Waals surface area contributed by atoms with Gasteiger partial charge in [0.1, 0.15) is 5.82 Å². The summed E-state index contributed by atoms with van der Waals surface area (Å²) in [4.78, 5) is 8.75. The van der Waals surface area contributed by atoms with Gasteiger partial charge >= 0.3 is 0 Å². The number of anilines is 1. The second-order valence-electron chi connectivity index (χ2n) is 4.66. The molecule has 0 radical (unpaired) electrons. The zero-order valence-electron chi connectivity index (χ0n) is 11.0. The Morgan fingerprint density at radius 2 is 2.53 bits per heavy atom. The Morgan fingerprint density at radius 3 is 3.32 bits per heavy atom. The molecule has 19 heavy (non-hydrogen) atoms. The fourth-order valence-corrected chi connectivity index (χ4v) is 2.18. The molecule has 1 N–H and O–H groups in total. The topological polar surface area (TPSA) is 60.7 Å². The maximum atomic E-state index is 5.83. The van der Waals surface area contributed by atoms with Crippen molar-refractivity contribution < 1.29 is 9.47 Å². The number of nitrogens with zero attached hydrogens (tertiary/aromatic N) is 3. The van der Waals surface area contributed by atoms with Gasteiger partial charge in [-0.05, 0) is 13.3 Å². The molecular weight excluding hydrogens is 244 g/mol. The highest BCUT2D eigenvalue weighted by Gasteiger charge is 2.18. The molecule has 1 unspecified atom stereocenters. The molecule has 0 amide bonds. The van der Waals surface area contributed by atoms with Crippen molar-refractivity contribution in [1.82, 2.24) is 14.4 Å². The van der Waals surface area contributed by atoms with Gasteiger partial charge < -0.3 is 14.8 Å². The van der Waals surface area contributed by atoms with E-state index in [0.29, 0.717) is 18.4 Å². The summed E-state index contributed by atoms with van der Waals surface area (Å²) in [6, 6.07) is 0. The lowest BCUT2D eigenvalue weighted by Crippen LogP contribution is -2.13. The molecule has 102 valence electrons. The Labute approximate surface area is 111 Å². The summed E-state index contributed by atoms with van der Waals surface area (Å²) in [5.74, 6) is 1.83. The van der Waals surface area contributed by atoms with E-state index in [1.807, 2.05) is 23.7 Å². The molecule has 1 fully saturated rings. The normalized spacial score (nSPS) is 18.9. The molecule has 1 aliphatic rings. The summed E-state index contributed by atoms with van der Waals surface area (Å²) < 4.78 is 13.1. The number of fused-ring (bicyclic) bond motifs is 1. The van der Waals surface area contributed by atoms with Gasteiger partial charge in [-0.3, -0.25) is 4.40 Å². The van der Waals surface area contributed by atoms with Gasteiger partial charge in [-0.2, -0.15) is 4.98 Å². The lowest BCUT2D eigenvalue weighted by atomic mass is 10.1. The zero-order chi connectivity index (χ0) is 13.1. The fourth-order valence-electron chi connectivity index (χ4n) is 2.18. The number of hydrogen-bond acceptors (Lipinski definition) is 5. The summed E-state index contributed by atoms with van der Waals surface area (Å²) in [6.45, 7) is 5.10. The van der Waals surface area contributed by atoms with Crippen LogP contribution < -0.4 is 10.1 Å². The van der Waals surface area contributed by atoms with Gasteiger partial charge in [0.05, 0.1) is 19.4 Å².